The van der Waals surface area contributed by atoms with Crippen molar-refractivity contribution in [3.05, 3.63) is 38.6 Å². The molecule has 1 aromatic heterocycles. The summed E-state index contributed by atoms with van der Waals surface area (Å²) in [6.07, 6.45) is 0.994. The third-order valence-electron chi connectivity index (χ3n) is 6.01. The predicted octanol–water partition coefficient (Wildman–Crippen LogP) is 4.12. The number of halogens is 1. The van der Waals surface area contributed by atoms with E-state index in [2.05, 4.69) is 82.0 Å². The van der Waals surface area contributed by atoms with Crippen LogP contribution in [0, 0.1) is 3.70 Å². The third-order valence-corrected chi connectivity index (χ3v) is 8.58. The molecule has 0 amide bonds. The van der Waals surface area contributed by atoms with Crippen LogP contribution in [-0.2, 0) is 24.4 Å². The van der Waals surface area contributed by atoms with Gasteiger partial charge in [0.25, 0.3) is 0 Å². The van der Waals surface area contributed by atoms with Crippen LogP contribution in [0.15, 0.2) is 18.2 Å². The number of likely N-dealkylation sites (N-methyl/N-ethyl adjacent to an activating group) is 1. The number of piperazine rings is 1. The van der Waals surface area contributed by atoms with Gasteiger partial charge in [0.15, 0.2) is 0 Å². The summed E-state index contributed by atoms with van der Waals surface area (Å²) in [5, 5.41) is 4.77. The van der Waals surface area contributed by atoms with Crippen LogP contribution < -0.4 is 0 Å². The molecule has 2 aliphatic rings. The number of hydrogen-bond acceptors (Lipinski definition) is 4. The molecule has 0 atom stereocenters. The van der Waals surface area contributed by atoms with Crippen LogP contribution >= 0.6 is 22.6 Å². The molecule has 7 heteroatoms. The fourth-order valence-electron chi connectivity index (χ4n) is 4.13. The number of benzene rings is 1. The molecular formula is C22H33IN4OSi. The van der Waals surface area contributed by atoms with E-state index in [0.717, 1.165) is 36.4 Å². The second kappa shape index (κ2) is 8.78. The fraction of sp³-hybridized carbons (Fsp3) is 0.591. The molecular weight excluding hydrogens is 491 g/mol. The maximum Gasteiger partial charge on any atom is 0.140 e. The topological polar surface area (TPSA) is 33.5 Å². The van der Waals surface area contributed by atoms with E-state index in [4.69, 9.17) is 9.84 Å². The fourth-order valence-corrected chi connectivity index (χ4v) is 5.59. The number of nitrogens with zero attached hydrogens (tertiary/aromatic N) is 4. The Labute approximate surface area is 189 Å². The van der Waals surface area contributed by atoms with Gasteiger partial charge in [0.05, 0.1) is 5.69 Å². The van der Waals surface area contributed by atoms with Crippen molar-refractivity contribution in [3.63, 3.8) is 0 Å². The van der Waals surface area contributed by atoms with Gasteiger partial charge < -0.3 is 9.64 Å². The summed E-state index contributed by atoms with van der Waals surface area (Å²) in [5.74, 6) is 0. The van der Waals surface area contributed by atoms with Crippen molar-refractivity contribution in [2.24, 2.45) is 0 Å². The van der Waals surface area contributed by atoms with Crippen molar-refractivity contribution in [1.82, 2.24) is 19.6 Å². The van der Waals surface area contributed by atoms with Gasteiger partial charge >= 0.3 is 0 Å². The SMILES string of the molecule is CN1CCN(Cc2ccc3c(c2)Cc2c(I)nn(COCC[Si](C)(C)C)c2-3)CC1. The largest absolute Gasteiger partial charge is 0.360 e. The Morgan fingerprint density at radius 2 is 1.90 bits per heavy atom. The number of rotatable bonds is 7. The van der Waals surface area contributed by atoms with E-state index < -0.39 is 8.07 Å². The number of aromatic nitrogens is 2. The maximum absolute atomic E-state index is 6.00. The molecule has 0 radical (unpaired) electrons. The summed E-state index contributed by atoms with van der Waals surface area (Å²) < 4.78 is 9.19. The van der Waals surface area contributed by atoms with Crippen molar-refractivity contribution in [2.75, 3.05) is 39.8 Å². The Balaban J connectivity index is 1.45. The Hall–Kier alpha value is -0.743. The average Bonchev–Trinajstić information content (AvgIpc) is 3.17. The minimum Gasteiger partial charge on any atom is -0.360 e. The van der Waals surface area contributed by atoms with Gasteiger partial charge in [0.2, 0.25) is 0 Å². The molecule has 1 fully saturated rings. The van der Waals surface area contributed by atoms with E-state index in [1.54, 1.807) is 0 Å². The smallest absolute Gasteiger partial charge is 0.140 e. The summed E-state index contributed by atoms with van der Waals surface area (Å²) in [7, 11) is 1.15. The summed E-state index contributed by atoms with van der Waals surface area (Å²) >= 11 is 2.38. The molecule has 1 saturated heterocycles. The zero-order chi connectivity index (χ0) is 20.6. The van der Waals surface area contributed by atoms with Crippen LogP contribution in [0.25, 0.3) is 11.3 Å². The predicted molar refractivity (Wildman–Crippen MR) is 130 cm³/mol. The van der Waals surface area contributed by atoms with Crippen molar-refractivity contribution in [1.29, 1.82) is 0 Å². The first-order valence-corrected chi connectivity index (χ1v) is 15.4. The van der Waals surface area contributed by atoms with Crippen LogP contribution in [0.2, 0.25) is 25.7 Å². The molecule has 1 aromatic carbocycles. The van der Waals surface area contributed by atoms with Gasteiger partial charge in [0, 0.05) is 65.0 Å². The highest BCUT2D eigenvalue weighted by Gasteiger charge is 2.27. The molecule has 2 heterocycles. The van der Waals surface area contributed by atoms with Crippen LogP contribution in [0.1, 0.15) is 16.7 Å². The minimum atomic E-state index is -1.06. The Kier molecular flexibility index (Phi) is 6.51. The molecule has 29 heavy (non-hydrogen) atoms. The lowest BCUT2D eigenvalue weighted by atomic mass is 10.0. The van der Waals surface area contributed by atoms with Crippen molar-refractivity contribution in [3.8, 4) is 11.3 Å². The number of hydrogen-bond donors (Lipinski definition) is 0. The molecule has 0 unspecified atom stereocenters. The Morgan fingerprint density at radius 1 is 1.14 bits per heavy atom. The second-order valence-electron chi connectivity index (χ2n) is 9.71. The summed E-state index contributed by atoms with van der Waals surface area (Å²) in [6, 6.07) is 8.23. The molecule has 0 saturated carbocycles. The lowest BCUT2D eigenvalue weighted by molar-refractivity contribution is 0.0795. The lowest BCUT2D eigenvalue weighted by Crippen LogP contribution is -2.43. The van der Waals surface area contributed by atoms with E-state index in [1.165, 1.54) is 47.1 Å². The van der Waals surface area contributed by atoms with E-state index in [0.29, 0.717) is 6.73 Å². The first-order valence-electron chi connectivity index (χ1n) is 10.7. The van der Waals surface area contributed by atoms with Gasteiger partial charge in [-0.15, -0.1) is 0 Å². The highest BCUT2D eigenvalue weighted by atomic mass is 127. The number of ether oxygens (including phenoxy) is 1. The van der Waals surface area contributed by atoms with Crippen molar-refractivity contribution >= 4 is 30.7 Å². The van der Waals surface area contributed by atoms with E-state index in [1.807, 2.05) is 0 Å². The van der Waals surface area contributed by atoms with Crippen LogP contribution in [0.3, 0.4) is 0 Å². The van der Waals surface area contributed by atoms with Gasteiger partial charge in [-0.25, -0.2) is 4.68 Å². The van der Waals surface area contributed by atoms with E-state index in [-0.39, 0.29) is 0 Å². The first kappa shape index (κ1) is 21.5. The first-order chi connectivity index (χ1) is 13.8. The number of fused-ring (bicyclic) bond motifs is 3. The highest BCUT2D eigenvalue weighted by molar-refractivity contribution is 14.1. The lowest BCUT2D eigenvalue weighted by Gasteiger charge is -2.32. The minimum absolute atomic E-state index is 0.554. The van der Waals surface area contributed by atoms with Gasteiger partial charge in [-0.2, -0.15) is 5.10 Å². The molecule has 0 spiro atoms. The molecule has 0 N–H and O–H groups in total. The molecule has 5 nitrogen and oxygen atoms in total. The molecule has 4 rings (SSSR count). The van der Waals surface area contributed by atoms with Crippen LogP contribution in [0.4, 0.5) is 0 Å². The van der Waals surface area contributed by atoms with Crippen molar-refractivity contribution in [2.45, 2.75) is 45.4 Å². The molecule has 1 aliphatic carbocycles. The Morgan fingerprint density at radius 3 is 2.62 bits per heavy atom. The average molecular weight is 525 g/mol. The summed E-state index contributed by atoms with van der Waals surface area (Å²) in [5.41, 5.74) is 6.85. The monoisotopic (exact) mass is 524 g/mol. The van der Waals surface area contributed by atoms with Crippen LogP contribution in [-0.4, -0.2) is 67.5 Å². The molecule has 2 aromatic rings. The van der Waals surface area contributed by atoms with Gasteiger partial charge in [-0.3, -0.25) is 4.90 Å². The van der Waals surface area contributed by atoms with E-state index in [9.17, 15) is 0 Å². The zero-order valence-corrected chi connectivity index (χ0v) is 21.3. The van der Waals surface area contributed by atoms with Crippen molar-refractivity contribution < 1.29 is 4.74 Å². The van der Waals surface area contributed by atoms with Crippen LogP contribution in [0.5, 0.6) is 0 Å². The normalized spacial score (nSPS) is 17.6. The Bertz CT molecular complexity index is 868. The second-order valence-corrected chi connectivity index (χ2v) is 16.4. The van der Waals surface area contributed by atoms with Gasteiger partial charge in [-0.05, 0) is 46.8 Å². The van der Waals surface area contributed by atoms with Gasteiger partial charge in [0.1, 0.15) is 10.4 Å². The quantitative estimate of drug-likeness (QED) is 0.265. The summed E-state index contributed by atoms with van der Waals surface area (Å²) in [4.78, 5) is 4.98. The standard InChI is InChI=1S/C22H33IN4OSi/c1-25-7-9-26(10-8-25)15-17-5-6-19-18(13-17)14-20-21(19)27(24-22(20)23)16-28-11-12-29(2,3)4/h5-6,13H,7-12,14-16H2,1-4H3. The van der Waals surface area contributed by atoms with E-state index >= 15 is 0 Å². The highest BCUT2D eigenvalue weighted by Crippen LogP contribution is 2.39. The zero-order valence-electron chi connectivity index (χ0n) is 18.2. The van der Waals surface area contributed by atoms with Gasteiger partial charge in [-0.1, -0.05) is 37.8 Å². The maximum atomic E-state index is 6.00. The molecule has 0 bridgehead atoms. The third kappa shape index (κ3) is 5.12. The molecule has 158 valence electrons. The summed E-state index contributed by atoms with van der Waals surface area (Å²) in [6.45, 7) is 14.3. The molecule has 1 aliphatic heterocycles.